The van der Waals surface area contributed by atoms with Gasteiger partial charge in [-0.2, -0.15) is 0 Å². The van der Waals surface area contributed by atoms with Gasteiger partial charge in [0.05, 0.1) is 32.8 Å². The molecule has 17 nitrogen and oxygen atoms in total. The fourth-order valence-electron chi connectivity index (χ4n) is 10.6. The van der Waals surface area contributed by atoms with E-state index in [0.29, 0.717) is 25.7 Å². The van der Waals surface area contributed by atoms with Crippen LogP contribution in [0.5, 0.6) is 0 Å². The van der Waals surface area contributed by atoms with Crippen molar-refractivity contribution in [1.82, 2.24) is 0 Å². The Hall–Kier alpha value is -5.06. The van der Waals surface area contributed by atoms with Gasteiger partial charge in [0.1, 0.15) is 19.3 Å². The molecular weight excluding hydrogens is 1380 g/mol. The summed E-state index contributed by atoms with van der Waals surface area (Å²) in [5.74, 6) is -2.36. The van der Waals surface area contributed by atoms with E-state index in [1.807, 2.05) is 18.2 Å². The SMILES string of the molecule is CC/C=C\C/C=C\C/C=C\C/C=C\C/C=C\CC(=O)OCC(COP(=O)(O)OCC(O)COP(=O)(O)OCC(COC(=O)CCCCCCCC/C=C\C/C=C\C/C=C\CCCCC)OC(=O)CCCCCC/C=C\C/C=C\C/C=C\C/C=C\CC)OC(=O)CCCCCCCCCCCCCCCCC. The summed E-state index contributed by atoms with van der Waals surface area (Å²) in [5, 5.41) is 10.7. The van der Waals surface area contributed by atoms with E-state index in [-0.39, 0.29) is 25.7 Å². The molecule has 606 valence electrons. The number of allylic oxidation sites excluding steroid dienone is 23. The number of aliphatic hydroxyl groups is 1. The first-order valence-electron chi connectivity index (χ1n) is 41.1. The number of hydrogen-bond acceptors (Lipinski definition) is 15. The first-order chi connectivity index (χ1) is 51.7. The van der Waals surface area contributed by atoms with Crippen LogP contribution in [0.3, 0.4) is 0 Å². The van der Waals surface area contributed by atoms with Crippen LogP contribution in [-0.2, 0) is 65.4 Å². The molecule has 0 fully saturated rings. The first-order valence-corrected chi connectivity index (χ1v) is 44.1. The normalized spacial score (nSPS) is 14.6. The van der Waals surface area contributed by atoms with Crippen molar-refractivity contribution in [2.45, 2.75) is 341 Å². The number of unbranched alkanes of at least 4 members (excludes halogenated alkanes) is 27. The summed E-state index contributed by atoms with van der Waals surface area (Å²) in [7, 11) is -10.0. The van der Waals surface area contributed by atoms with Gasteiger partial charge < -0.3 is 33.8 Å². The largest absolute Gasteiger partial charge is 0.472 e. The third kappa shape index (κ3) is 77.1. The highest BCUT2D eigenvalue weighted by Gasteiger charge is 2.30. The molecule has 0 aliphatic carbocycles. The molecule has 0 radical (unpaired) electrons. The van der Waals surface area contributed by atoms with Crippen molar-refractivity contribution in [3.63, 3.8) is 0 Å². The van der Waals surface area contributed by atoms with Crippen molar-refractivity contribution in [3.8, 4) is 0 Å². The van der Waals surface area contributed by atoms with E-state index in [1.54, 1.807) is 6.08 Å². The zero-order valence-corrected chi connectivity index (χ0v) is 68.1. The van der Waals surface area contributed by atoms with Crippen LogP contribution in [0.2, 0.25) is 0 Å². The lowest BCUT2D eigenvalue weighted by Crippen LogP contribution is -2.30. The fourth-order valence-corrected chi connectivity index (χ4v) is 12.2. The van der Waals surface area contributed by atoms with Gasteiger partial charge in [-0.05, 0) is 128 Å². The first kappa shape index (κ1) is 101. The average molecular weight is 1530 g/mol. The number of carbonyl (C=O) groups is 4. The van der Waals surface area contributed by atoms with Crippen molar-refractivity contribution >= 4 is 39.5 Å². The summed E-state index contributed by atoms with van der Waals surface area (Å²) in [5.41, 5.74) is 0. The van der Waals surface area contributed by atoms with Gasteiger partial charge >= 0.3 is 39.5 Å². The lowest BCUT2D eigenvalue weighted by molar-refractivity contribution is -0.161. The van der Waals surface area contributed by atoms with Gasteiger partial charge in [0, 0.05) is 19.3 Å². The minimum atomic E-state index is -5.00. The predicted octanol–water partition coefficient (Wildman–Crippen LogP) is 24.2. The van der Waals surface area contributed by atoms with E-state index in [2.05, 4.69) is 149 Å². The minimum Gasteiger partial charge on any atom is -0.462 e. The van der Waals surface area contributed by atoms with Crippen LogP contribution in [0.25, 0.3) is 0 Å². The number of ether oxygens (including phenoxy) is 4. The zero-order chi connectivity index (χ0) is 77.4. The quantitative estimate of drug-likeness (QED) is 0.0169. The van der Waals surface area contributed by atoms with Gasteiger partial charge in [-0.1, -0.05) is 315 Å². The van der Waals surface area contributed by atoms with E-state index in [4.69, 9.17) is 37.0 Å². The molecule has 0 aromatic rings. The highest BCUT2D eigenvalue weighted by atomic mass is 31.2. The van der Waals surface area contributed by atoms with E-state index in [9.17, 15) is 43.2 Å². The second-order valence-electron chi connectivity index (χ2n) is 27.0. The van der Waals surface area contributed by atoms with Crippen molar-refractivity contribution in [3.05, 3.63) is 146 Å². The van der Waals surface area contributed by atoms with E-state index in [1.165, 1.54) is 83.5 Å². The Balaban J connectivity index is 5.46. The Bertz CT molecular complexity index is 2580. The van der Waals surface area contributed by atoms with Crippen LogP contribution < -0.4 is 0 Å². The summed E-state index contributed by atoms with van der Waals surface area (Å²) in [4.78, 5) is 73.1. The number of rotatable bonds is 76. The maximum Gasteiger partial charge on any atom is 0.472 e. The number of aliphatic hydroxyl groups excluding tert-OH is 1. The molecule has 0 heterocycles. The topological polar surface area (TPSA) is 237 Å². The molecule has 0 aromatic carbocycles. The molecule has 106 heavy (non-hydrogen) atoms. The zero-order valence-electron chi connectivity index (χ0n) is 66.3. The van der Waals surface area contributed by atoms with Crippen molar-refractivity contribution in [2.75, 3.05) is 39.6 Å². The summed E-state index contributed by atoms with van der Waals surface area (Å²) < 4.78 is 68.6. The molecular formula is C87H146O17P2. The molecule has 0 saturated carbocycles. The van der Waals surface area contributed by atoms with Gasteiger partial charge in [0.25, 0.3) is 0 Å². The maximum absolute atomic E-state index is 13.1. The molecule has 3 N–H and O–H groups in total. The molecule has 0 aromatic heterocycles. The molecule has 0 bridgehead atoms. The summed E-state index contributed by atoms with van der Waals surface area (Å²) in [6, 6.07) is 0. The van der Waals surface area contributed by atoms with E-state index >= 15 is 0 Å². The molecule has 0 saturated heterocycles. The van der Waals surface area contributed by atoms with Crippen LogP contribution in [0, 0.1) is 0 Å². The summed E-state index contributed by atoms with van der Waals surface area (Å²) in [6.45, 7) is 4.49. The lowest BCUT2D eigenvalue weighted by atomic mass is 10.0. The number of hydrogen-bond donors (Lipinski definition) is 3. The Morgan fingerprint density at radius 2 is 0.528 bits per heavy atom. The van der Waals surface area contributed by atoms with Gasteiger partial charge in [-0.3, -0.25) is 37.3 Å². The maximum atomic E-state index is 13.1. The number of phosphoric ester groups is 2. The Morgan fingerprint density at radius 1 is 0.283 bits per heavy atom. The molecule has 0 spiro atoms. The van der Waals surface area contributed by atoms with E-state index < -0.39 is 97.5 Å². The van der Waals surface area contributed by atoms with Gasteiger partial charge in [-0.25, -0.2) is 9.13 Å². The van der Waals surface area contributed by atoms with Crippen molar-refractivity contribution < 1.29 is 80.2 Å². The molecule has 0 rings (SSSR count). The van der Waals surface area contributed by atoms with Crippen molar-refractivity contribution in [1.29, 1.82) is 0 Å². The molecule has 0 amide bonds. The van der Waals surface area contributed by atoms with Crippen LogP contribution >= 0.6 is 15.6 Å². The van der Waals surface area contributed by atoms with Crippen LogP contribution in [0.4, 0.5) is 0 Å². The average Bonchev–Trinajstić information content (AvgIpc) is 0.899. The Labute approximate surface area is 643 Å². The molecule has 5 unspecified atom stereocenters. The molecule has 19 heteroatoms. The van der Waals surface area contributed by atoms with Gasteiger partial charge in [-0.15, -0.1) is 0 Å². The Morgan fingerprint density at radius 3 is 0.858 bits per heavy atom. The smallest absolute Gasteiger partial charge is 0.462 e. The third-order valence-electron chi connectivity index (χ3n) is 16.8. The lowest BCUT2D eigenvalue weighted by Gasteiger charge is -2.21. The highest BCUT2D eigenvalue weighted by Crippen LogP contribution is 2.45. The second kappa shape index (κ2) is 78.1. The van der Waals surface area contributed by atoms with Crippen LogP contribution in [0.1, 0.15) is 323 Å². The highest BCUT2D eigenvalue weighted by molar-refractivity contribution is 7.47. The molecule has 0 aliphatic heterocycles. The van der Waals surface area contributed by atoms with Crippen molar-refractivity contribution in [2.24, 2.45) is 0 Å². The number of esters is 4. The standard InChI is InChI=1S/C87H146O17P2/c1-5-9-13-17-21-25-29-33-37-39-40-42-45-48-52-56-60-64-68-72-85(90)98-78-83(104-87(92)74-70-66-62-58-54-50-46-41-38-34-30-26-22-18-14-10-6-2)80-102-106(95,96)100-76-81(88)75-99-105(93,94)101-79-82(103-86(91)73-69-65-61-57-53-49-44-36-32-28-24-20-16-12-8-4)77-97-84(89)71-67-63-59-55-51-47-43-35-31-27-23-19-15-11-7-3/h10-11,14-15,21-23,25-27,33-35,37-38,40,42-43,46,50-51,55,63,67,81-83,88H,5-9,12-13,16-20,24,28-32,36,39,41,44-45,47-49,52-54,56-62,64-66,68-80H2,1-4H3,(H,93,94)(H,95,96)/b14-10-,15-11-,25-21-,26-22-,27-23-,37-33-,38-34-,42-40-,43-35-,50-46-,55-51-,67-63-. The summed E-state index contributed by atoms with van der Waals surface area (Å²) >= 11 is 0. The number of phosphoric acid groups is 2. The van der Waals surface area contributed by atoms with Gasteiger partial charge in [0.2, 0.25) is 0 Å². The number of carbonyl (C=O) groups excluding carboxylic acids is 4. The third-order valence-corrected chi connectivity index (χ3v) is 18.7. The fraction of sp³-hybridized carbons (Fsp3) is 0.678. The summed E-state index contributed by atoms with van der Waals surface area (Å²) in [6.07, 6.45) is 89.9. The van der Waals surface area contributed by atoms with Crippen LogP contribution in [0.15, 0.2) is 146 Å². The molecule has 0 aliphatic rings. The Kier molecular flexibility index (Phi) is 74.3. The van der Waals surface area contributed by atoms with E-state index in [0.717, 1.165) is 161 Å². The minimum absolute atomic E-state index is 0.0581. The second-order valence-corrected chi connectivity index (χ2v) is 29.9. The van der Waals surface area contributed by atoms with Crippen LogP contribution in [-0.4, -0.2) is 96.7 Å². The molecule has 5 atom stereocenters. The van der Waals surface area contributed by atoms with Gasteiger partial charge in [0.15, 0.2) is 12.2 Å². The monoisotopic (exact) mass is 1530 g/mol. The predicted molar refractivity (Wildman–Crippen MR) is 436 cm³/mol.